The van der Waals surface area contributed by atoms with Gasteiger partial charge in [-0.15, -0.1) is 24.0 Å². The molecule has 0 unspecified atom stereocenters. The maximum absolute atomic E-state index is 11.8. The lowest BCUT2D eigenvalue weighted by molar-refractivity contribution is 0.0956. The number of nitrogens with zero attached hydrogens (tertiary/aromatic N) is 1. The first-order valence-electron chi connectivity index (χ1n) is 8.66. The van der Waals surface area contributed by atoms with Crippen molar-refractivity contribution >= 4 is 35.8 Å². The molecule has 2 aromatic rings. The average Bonchev–Trinajstić information content (AvgIpc) is 2.65. The highest BCUT2D eigenvalue weighted by Gasteiger charge is 2.04. The Kier molecular flexibility index (Phi) is 10.4. The third kappa shape index (κ3) is 7.43. The minimum absolute atomic E-state index is 0. The highest BCUT2D eigenvalue weighted by molar-refractivity contribution is 14.0. The third-order valence-electron chi connectivity index (χ3n) is 3.62. The first kappa shape index (κ1) is 22.0. The Morgan fingerprint density at radius 1 is 0.846 bits per heavy atom. The Morgan fingerprint density at radius 2 is 1.50 bits per heavy atom. The van der Waals surface area contributed by atoms with Gasteiger partial charge in [0, 0.05) is 25.2 Å². The van der Waals surface area contributed by atoms with Gasteiger partial charge in [0.25, 0.3) is 5.91 Å². The van der Waals surface area contributed by atoms with E-state index >= 15 is 0 Å². The van der Waals surface area contributed by atoms with Gasteiger partial charge in [-0.05, 0) is 37.1 Å². The molecule has 0 aliphatic rings. The van der Waals surface area contributed by atoms with Crippen LogP contribution in [0.5, 0.6) is 0 Å². The van der Waals surface area contributed by atoms with Gasteiger partial charge in [-0.1, -0.05) is 42.5 Å². The number of hydrogen-bond donors (Lipinski definition) is 3. The molecule has 0 bridgehead atoms. The molecule has 3 N–H and O–H groups in total. The Hall–Kier alpha value is -2.09. The van der Waals surface area contributed by atoms with Gasteiger partial charge in [0.1, 0.15) is 0 Å². The SMILES string of the molecule is CCNC(=O)c1ccc(CNC(=NCc2ccccc2)NCC)cc1.I. The number of rotatable bonds is 7. The molecule has 0 aromatic heterocycles. The van der Waals surface area contributed by atoms with Gasteiger partial charge in [0.15, 0.2) is 5.96 Å². The van der Waals surface area contributed by atoms with E-state index in [4.69, 9.17) is 0 Å². The molecule has 140 valence electrons. The number of amides is 1. The molecule has 0 saturated carbocycles. The first-order valence-corrected chi connectivity index (χ1v) is 8.66. The van der Waals surface area contributed by atoms with Gasteiger partial charge >= 0.3 is 0 Å². The van der Waals surface area contributed by atoms with Crippen LogP contribution in [0.1, 0.15) is 35.3 Å². The Balaban J connectivity index is 0.00000338. The summed E-state index contributed by atoms with van der Waals surface area (Å²) in [6, 6.07) is 17.8. The van der Waals surface area contributed by atoms with Crippen molar-refractivity contribution in [3.63, 3.8) is 0 Å². The van der Waals surface area contributed by atoms with Gasteiger partial charge in [-0.3, -0.25) is 4.79 Å². The fraction of sp³-hybridized carbons (Fsp3) is 0.300. The second-order valence-electron chi connectivity index (χ2n) is 5.59. The summed E-state index contributed by atoms with van der Waals surface area (Å²) in [7, 11) is 0. The van der Waals surface area contributed by atoms with Gasteiger partial charge in [-0.25, -0.2) is 4.99 Å². The number of nitrogens with one attached hydrogen (secondary N) is 3. The Bertz CT molecular complexity index is 687. The maximum atomic E-state index is 11.8. The molecule has 0 radical (unpaired) electrons. The molecule has 0 fully saturated rings. The van der Waals surface area contributed by atoms with Crippen molar-refractivity contribution in [2.45, 2.75) is 26.9 Å². The van der Waals surface area contributed by atoms with E-state index in [1.165, 1.54) is 5.56 Å². The number of halogens is 1. The molecule has 26 heavy (non-hydrogen) atoms. The van der Waals surface area contributed by atoms with Crippen LogP contribution in [0.25, 0.3) is 0 Å². The van der Waals surface area contributed by atoms with E-state index in [1.54, 1.807) is 0 Å². The molecule has 2 rings (SSSR count). The molecule has 0 atom stereocenters. The van der Waals surface area contributed by atoms with Crippen LogP contribution in [-0.4, -0.2) is 25.0 Å². The molecule has 0 spiro atoms. The normalized spacial score (nSPS) is 10.6. The summed E-state index contributed by atoms with van der Waals surface area (Å²) in [6.45, 7) is 6.67. The predicted molar refractivity (Wildman–Crippen MR) is 118 cm³/mol. The second kappa shape index (κ2) is 12.3. The van der Waals surface area contributed by atoms with Crippen LogP contribution in [0.4, 0.5) is 0 Å². The van der Waals surface area contributed by atoms with Crippen LogP contribution in [-0.2, 0) is 13.1 Å². The van der Waals surface area contributed by atoms with Crippen LogP contribution >= 0.6 is 24.0 Å². The molecule has 1 amide bonds. The zero-order valence-electron chi connectivity index (χ0n) is 15.3. The Morgan fingerprint density at radius 3 is 2.12 bits per heavy atom. The van der Waals surface area contributed by atoms with E-state index in [2.05, 4.69) is 33.1 Å². The monoisotopic (exact) mass is 466 g/mol. The van der Waals surface area contributed by atoms with E-state index in [1.807, 2.05) is 56.3 Å². The van der Waals surface area contributed by atoms with Crippen LogP contribution < -0.4 is 16.0 Å². The molecular formula is C20H27IN4O. The van der Waals surface area contributed by atoms with E-state index in [9.17, 15) is 4.79 Å². The number of carbonyl (C=O) groups is 1. The van der Waals surface area contributed by atoms with Gasteiger partial charge in [0.2, 0.25) is 0 Å². The summed E-state index contributed by atoms with van der Waals surface area (Å²) in [5.74, 6) is 0.735. The summed E-state index contributed by atoms with van der Waals surface area (Å²) in [5, 5.41) is 9.36. The van der Waals surface area contributed by atoms with Crippen LogP contribution in [0.15, 0.2) is 59.6 Å². The van der Waals surface area contributed by atoms with Gasteiger partial charge in [0.05, 0.1) is 6.54 Å². The van der Waals surface area contributed by atoms with E-state index in [0.29, 0.717) is 25.2 Å². The van der Waals surface area contributed by atoms with Crippen molar-refractivity contribution in [1.29, 1.82) is 0 Å². The van der Waals surface area contributed by atoms with Crippen LogP contribution in [0, 0.1) is 0 Å². The zero-order chi connectivity index (χ0) is 17.9. The quantitative estimate of drug-likeness (QED) is 0.333. The molecule has 0 heterocycles. The summed E-state index contributed by atoms with van der Waals surface area (Å²) in [4.78, 5) is 16.4. The lowest BCUT2D eigenvalue weighted by Gasteiger charge is -2.12. The van der Waals surface area contributed by atoms with Gasteiger partial charge < -0.3 is 16.0 Å². The largest absolute Gasteiger partial charge is 0.357 e. The highest BCUT2D eigenvalue weighted by atomic mass is 127. The summed E-state index contributed by atoms with van der Waals surface area (Å²) in [5.41, 5.74) is 2.94. The van der Waals surface area contributed by atoms with E-state index in [-0.39, 0.29) is 29.9 Å². The molecule has 0 aliphatic carbocycles. The number of guanidine groups is 1. The lowest BCUT2D eigenvalue weighted by atomic mass is 10.1. The molecule has 0 aliphatic heterocycles. The molecular weight excluding hydrogens is 439 g/mol. The number of benzene rings is 2. The molecule has 2 aromatic carbocycles. The van der Waals surface area contributed by atoms with E-state index < -0.39 is 0 Å². The molecule has 5 nitrogen and oxygen atoms in total. The minimum Gasteiger partial charge on any atom is -0.357 e. The topological polar surface area (TPSA) is 65.5 Å². The van der Waals surface area contributed by atoms with Crippen molar-refractivity contribution in [2.24, 2.45) is 4.99 Å². The fourth-order valence-corrected chi connectivity index (χ4v) is 2.32. The van der Waals surface area contributed by atoms with Crippen LogP contribution in [0.3, 0.4) is 0 Å². The maximum Gasteiger partial charge on any atom is 0.251 e. The minimum atomic E-state index is -0.0419. The first-order chi connectivity index (χ1) is 12.2. The zero-order valence-corrected chi connectivity index (χ0v) is 17.6. The third-order valence-corrected chi connectivity index (χ3v) is 3.62. The average molecular weight is 466 g/mol. The highest BCUT2D eigenvalue weighted by Crippen LogP contribution is 2.05. The van der Waals surface area contributed by atoms with E-state index in [0.717, 1.165) is 18.1 Å². The number of aliphatic imine (C=N–C) groups is 1. The van der Waals surface area contributed by atoms with Crippen molar-refractivity contribution in [3.05, 3.63) is 71.3 Å². The van der Waals surface area contributed by atoms with Gasteiger partial charge in [-0.2, -0.15) is 0 Å². The summed E-state index contributed by atoms with van der Waals surface area (Å²) < 4.78 is 0. The number of carbonyl (C=O) groups excluding carboxylic acids is 1. The predicted octanol–water partition coefficient (Wildman–Crippen LogP) is 3.31. The second-order valence-corrected chi connectivity index (χ2v) is 5.59. The number of hydrogen-bond acceptors (Lipinski definition) is 2. The molecule has 0 saturated heterocycles. The molecule has 6 heteroatoms. The Labute approximate surface area is 172 Å². The van der Waals surface area contributed by atoms with Crippen molar-refractivity contribution < 1.29 is 4.79 Å². The lowest BCUT2D eigenvalue weighted by Crippen LogP contribution is -2.36. The standard InChI is InChI=1S/C20H26N4O.HI/c1-3-21-19(25)18-12-10-17(11-13-18)15-24-20(22-4-2)23-14-16-8-6-5-7-9-16;/h5-13H,3-4,14-15H2,1-2H3,(H,21,25)(H2,22,23,24);1H. The fourth-order valence-electron chi connectivity index (χ4n) is 2.32. The summed E-state index contributed by atoms with van der Waals surface area (Å²) in [6.07, 6.45) is 0. The van der Waals surface area contributed by atoms with Crippen molar-refractivity contribution in [2.75, 3.05) is 13.1 Å². The van der Waals surface area contributed by atoms with Crippen molar-refractivity contribution in [3.8, 4) is 0 Å². The van der Waals surface area contributed by atoms with Crippen molar-refractivity contribution in [1.82, 2.24) is 16.0 Å². The van der Waals surface area contributed by atoms with Crippen LogP contribution in [0.2, 0.25) is 0 Å². The summed E-state index contributed by atoms with van der Waals surface area (Å²) >= 11 is 0. The smallest absolute Gasteiger partial charge is 0.251 e.